The molecule has 1 spiro atoms. The monoisotopic (exact) mass is 263 g/mol. The maximum absolute atomic E-state index is 6.18. The van der Waals surface area contributed by atoms with Crippen molar-refractivity contribution in [2.75, 3.05) is 13.1 Å². The van der Waals surface area contributed by atoms with Crippen LogP contribution in [0.1, 0.15) is 50.0 Å². The minimum atomic E-state index is 0.550. The van der Waals surface area contributed by atoms with Crippen molar-refractivity contribution in [2.45, 2.75) is 44.4 Å². The number of hydrogen-bond donors (Lipinski definition) is 1. The molecule has 1 aliphatic carbocycles. The van der Waals surface area contributed by atoms with Crippen molar-refractivity contribution < 1.29 is 0 Å². The molecule has 2 aliphatic rings. The van der Waals surface area contributed by atoms with E-state index in [0.29, 0.717) is 5.41 Å². The first-order chi connectivity index (χ1) is 8.80. The van der Waals surface area contributed by atoms with Gasteiger partial charge in [0.25, 0.3) is 0 Å². The molecule has 1 heterocycles. The van der Waals surface area contributed by atoms with E-state index in [1.54, 1.807) is 0 Å². The average Bonchev–Trinajstić information content (AvgIpc) is 2.40. The normalized spacial score (nSPS) is 27.3. The van der Waals surface area contributed by atoms with E-state index in [0.717, 1.165) is 10.9 Å². The number of halogens is 1. The average molecular weight is 264 g/mol. The predicted molar refractivity (Wildman–Crippen MR) is 77.2 cm³/mol. The Morgan fingerprint density at radius 3 is 2.72 bits per heavy atom. The molecule has 1 atom stereocenters. The lowest BCUT2D eigenvalue weighted by Crippen LogP contribution is -2.42. The summed E-state index contributed by atoms with van der Waals surface area (Å²) in [6.07, 6.45) is 8.23. The van der Waals surface area contributed by atoms with E-state index in [-0.39, 0.29) is 0 Å². The van der Waals surface area contributed by atoms with Gasteiger partial charge in [-0.1, -0.05) is 36.6 Å². The maximum Gasteiger partial charge on any atom is 0.0408 e. The first-order valence-electron chi connectivity index (χ1n) is 7.26. The molecule has 0 radical (unpaired) electrons. The minimum Gasteiger partial charge on any atom is -0.317 e. The molecule has 98 valence electrons. The Morgan fingerprint density at radius 2 is 1.94 bits per heavy atom. The molecule has 1 nitrogen and oxygen atoms in total. The van der Waals surface area contributed by atoms with Crippen LogP contribution in [-0.4, -0.2) is 13.1 Å². The lowest BCUT2D eigenvalue weighted by atomic mass is 9.59. The van der Waals surface area contributed by atoms with Crippen molar-refractivity contribution in [3.8, 4) is 0 Å². The highest BCUT2D eigenvalue weighted by Crippen LogP contribution is 2.52. The summed E-state index contributed by atoms with van der Waals surface area (Å²) in [5.41, 5.74) is 2.03. The van der Waals surface area contributed by atoms with Crippen LogP contribution in [0, 0.1) is 5.41 Å². The molecule has 3 rings (SSSR count). The molecule has 1 saturated carbocycles. The maximum atomic E-state index is 6.18. The van der Waals surface area contributed by atoms with Gasteiger partial charge in [0.05, 0.1) is 0 Å². The van der Waals surface area contributed by atoms with Gasteiger partial charge in [-0.2, -0.15) is 0 Å². The highest BCUT2D eigenvalue weighted by Gasteiger charge is 2.41. The molecule has 1 saturated heterocycles. The molecular formula is C16H22ClN. The Bertz CT molecular complexity index is 401. The second-order valence-corrected chi connectivity index (χ2v) is 6.40. The summed E-state index contributed by atoms with van der Waals surface area (Å²) in [4.78, 5) is 0. The van der Waals surface area contributed by atoms with E-state index in [9.17, 15) is 0 Å². The zero-order chi connectivity index (χ0) is 12.4. The lowest BCUT2D eigenvalue weighted by Gasteiger charge is -2.47. The molecule has 1 aromatic rings. The van der Waals surface area contributed by atoms with Gasteiger partial charge >= 0.3 is 0 Å². The lowest BCUT2D eigenvalue weighted by molar-refractivity contribution is 0.102. The van der Waals surface area contributed by atoms with Crippen LogP contribution in [0.25, 0.3) is 0 Å². The van der Waals surface area contributed by atoms with Gasteiger partial charge in [0, 0.05) is 5.02 Å². The second kappa shape index (κ2) is 5.22. The predicted octanol–water partition coefficient (Wildman–Crippen LogP) is 4.37. The van der Waals surface area contributed by atoms with E-state index in [2.05, 4.69) is 23.5 Å². The topological polar surface area (TPSA) is 12.0 Å². The molecule has 18 heavy (non-hydrogen) atoms. The number of nitrogens with one attached hydrogen (secondary N) is 1. The van der Waals surface area contributed by atoms with Gasteiger partial charge in [-0.15, -0.1) is 0 Å². The standard InChI is InChI=1S/C16H22ClN/c17-14-5-3-4-13(12-14)15-6-1-2-7-16(15)8-10-18-11-9-16/h3-5,12,15,18H,1-2,6-11H2. The largest absolute Gasteiger partial charge is 0.317 e. The Kier molecular flexibility index (Phi) is 3.63. The number of piperidine rings is 1. The van der Waals surface area contributed by atoms with E-state index in [4.69, 9.17) is 11.6 Å². The SMILES string of the molecule is Clc1cccc(C2CCCCC23CCNCC3)c1. The smallest absolute Gasteiger partial charge is 0.0408 e. The Balaban J connectivity index is 1.91. The second-order valence-electron chi connectivity index (χ2n) is 5.97. The van der Waals surface area contributed by atoms with E-state index >= 15 is 0 Å². The molecule has 0 amide bonds. The first-order valence-corrected chi connectivity index (χ1v) is 7.64. The molecule has 1 aliphatic heterocycles. The van der Waals surface area contributed by atoms with Crippen molar-refractivity contribution in [1.82, 2.24) is 5.32 Å². The third-order valence-electron chi connectivity index (χ3n) is 5.01. The highest BCUT2D eigenvalue weighted by atomic mass is 35.5. The van der Waals surface area contributed by atoms with Crippen LogP contribution in [0.4, 0.5) is 0 Å². The van der Waals surface area contributed by atoms with Crippen molar-refractivity contribution in [3.05, 3.63) is 34.9 Å². The van der Waals surface area contributed by atoms with Crippen molar-refractivity contribution in [2.24, 2.45) is 5.41 Å². The molecule has 2 heteroatoms. The zero-order valence-electron chi connectivity index (χ0n) is 10.9. The van der Waals surface area contributed by atoms with Crippen LogP contribution < -0.4 is 5.32 Å². The fourth-order valence-corrected chi connectivity index (χ4v) is 4.27. The van der Waals surface area contributed by atoms with Crippen molar-refractivity contribution in [3.63, 3.8) is 0 Å². The molecule has 0 aromatic heterocycles. The summed E-state index contributed by atoms with van der Waals surface area (Å²) in [7, 11) is 0. The van der Waals surface area contributed by atoms with Crippen LogP contribution in [0.5, 0.6) is 0 Å². The van der Waals surface area contributed by atoms with Crippen molar-refractivity contribution in [1.29, 1.82) is 0 Å². The summed E-state index contributed by atoms with van der Waals surface area (Å²) >= 11 is 6.18. The van der Waals surface area contributed by atoms with Crippen LogP contribution in [-0.2, 0) is 0 Å². The minimum absolute atomic E-state index is 0.550. The third kappa shape index (κ3) is 2.31. The summed E-state index contributed by atoms with van der Waals surface area (Å²) in [5.74, 6) is 0.729. The summed E-state index contributed by atoms with van der Waals surface area (Å²) in [5, 5.41) is 4.40. The van der Waals surface area contributed by atoms with E-state index in [1.165, 1.54) is 57.2 Å². The molecular weight excluding hydrogens is 242 g/mol. The Morgan fingerprint density at radius 1 is 1.11 bits per heavy atom. The fourth-order valence-electron chi connectivity index (χ4n) is 4.07. The van der Waals surface area contributed by atoms with Gasteiger partial charge in [0.2, 0.25) is 0 Å². The summed E-state index contributed by atoms with van der Waals surface area (Å²) < 4.78 is 0. The summed E-state index contributed by atoms with van der Waals surface area (Å²) in [6.45, 7) is 2.38. The van der Waals surface area contributed by atoms with Crippen LogP contribution in [0.15, 0.2) is 24.3 Å². The molecule has 1 N–H and O–H groups in total. The molecule has 1 unspecified atom stereocenters. The van der Waals surface area contributed by atoms with Crippen LogP contribution in [0.2, 0.25) is 5.02 Å². The van der Waals surface area contributed by atoms with Gasteiger partial charge in [-0.3, -0.25) is 0 Å². The fraction of sp³-hybridized carbons (Fsp3) is 0.625. The van der Waals surface area contributed by atoms with E-state index in [1.807, 2.05) is 6.07 Å². The molecule has 0 bridgehead atoms. The van der Waals surface area contributed by atoms with Crippen molar-refractivity contribution >= 4 is 11.6 Å². The van der Waals surface area contributed by atoms with Gasteiger partial charge in [0.1, 0.15) is 0 Å². The van der Waals surface area contributed by atoms with E-state index < -0.39 is 0 Å². The Labute approximate surface area is 115 Å². The van der Waals surface area contributed by atoms with Crippen LogP contribution in [0.3, 0.4) is 0 Å². The van der Waals surface area contributed by atoms with Gasteiger partial charge in [0.15, 0.2) is 0 Å². The molecule has 1 aromatic carbocycles. The quantitative estimate of drug-likeness (QED) is 0.794. The first kappa shape index (κ1) is 12.5. The van der Waals surface area contributed by atoms with Gasteiger partial charge in [-0.25, -0.2) is 0 Å². The van der Waals surface area contributed by atoms with Gasteiger partial charge in [-0.05, 0) is 67.8 Å². The number of hydrogen-bond acceptors (Lipinski definition) is 1. The Hall–Kier alpha value is -0.530. The highest BCUT2D eigenvalue weighted by molar-refractivity contribution is 6.30. The van der Waals surface area contributed by atoms with Gasteiger partial charge < -0.3 is 5.32 Å². The number of benzene rings is 1. The summed E-state index contributed by atoms with van der Waals surface area (Å²) in [6, 6.07) is 8.58. The third-order valence-corrected chi connectivity index (χ3v) is 5.24. The molecule has 2 fully saturated rings. The van der Waals surface area contributed by atoms with Crippen LogP contribution >= 0.6 is 11.6 Å². The zero-order valence-corrected chi connectivity index (χ0v) is 11.7. The number of rotatable bonds is 1.